The van der Waals surface area contributed by atoms with Crippen molar-refractivity contribution >= 4 is 46.9 Å². The Bertz CT molecular complexity index is 1720. The smallest absolute Gasteiger partial charge is 0.272 e. The van der Waals surface area contributed by atoms with E-state index in [0.29, 0.717) is 51.9 Å². The van der Waals surface area contributed by atoms with Crippen molar-refractivity contribution in [3.63, 3.8) is 0 Å². The predicted molar refractivity (Wildman–Crippen MR) is 185 cm³/mol. The first-order chi connectivity index (χ1) is 22.8. The van der Waals surface area contributed by atoms with Crippen LogP contribution in [0.5, 0.6) is 23.0 Å². The maximum Gasteiger partial charge on any atom is 0.272 e. The van der Waals surface area contributed by atoms with Gasteiger partial charge in [-0.1, -0.05) is 31.2 Å². The molecule has 0 fully saturated rings. The van der Waals surface area contributed by atoms with Crippen molar-refractivity contribution in [1.29, 1.82) is 0 Å². The third-order valence-electron chi connectivity index (χ3n) is 6.92. The van der Waals surface area contributed by atoms with Crippen LogP contribution in [0, 0.1) is 0 Å². The molecular formula is C36H37N3O7S. The SMILES string of the molecule is CCC(Sc1cccc(NC(=O)/C(=C\c2cc(OC)ccc2OC)NC(=O)c2ccccc2)c1)C(=O)Nc1cc(OC)cc(OC)c1. The Morgan fingerprint density at radius 2 is 1.43 bits per heavy atom. The lowest BCUT2D eigenvalue weighted by Crippen LogP contribution is -2.30. The molecule has 1 unspecified atom stereocenters. The van der Waals surface area contributed by atoms with Crippen LogP contribution >= 0.6 is 11.8 Å². The Labute approximate surface area is 278 Å². The molecule has 0 heterocycles. The first-order valence-corrected chi connectivity index (χ1v) is 15.6. The largest absolute Gasteiger partial charge is 0.497 e. The number of hydrogen-bond acceptors (Lipinski definition) is 8. The number of rotatable bonds is 14. The number of methoxy groups -OCH3 is 4. The molecule has 0 aliphatic rings. The molecule has 0 aromatic heterocycles. The quantitative estimate of drug-likeness (QED) is 0.102. The molecule has 244 valence electrons. The van der Waals surface area contributed by atoms with Crippen molar-refractivity contribution in [3.8, 4) is 23.0 Å². The summed E-state index contributed by atoms with van der Waals surface area (Å²) >= 11 is 1.36. The predicted octanol–water partition coefficient (Wildman–Crippen LogP) is 6.64. The zero-order chi connectivity index (χ0) is 33.8. The monoisotopic (exact) mass is 655 g/mol. The van der Waals surface area contributed by atoms with E-state index < -0.39 is 17.1 Å². The zero-order valence-electron chi connectivity index (χ0n) is 26.8. The van der Waals surface area contributed by atoms with Gasteiger partial charge in [0, 0.05) is 45.6 Å². The van der Waals surface area contributed by atoms with E-state index in [9.17, 15) is 14.4 Å². The van der Waals surface area contributed by atoms with E-state index in [4.69, 9.17) is 18.9 Å². The zero-order valence-corrected chi connectivity index (χ0v) is 27.6. The van der Waals surface area contributed by atoms with Crippen molar-refractivity contribution in [2.24, 2.45) is 0 Å². The average Bonchev–Trinajstić information content (AvgIpc) is 3.10. The third kappa shape index (κ3) is 9.54. The fourth-order valence-electron chi connectivity index (χ4n) is 4.48. The van der Waals surface area contributed by atoms with Crippen molar-refractivity contribution in [2.45, 2.75) is 23.5 Å². The molecule has 11 heteroatoms. The van der Waals surface area contributed by atoms with Crippen LogP contribution in [0.1, 0.15) is 29.3 Å². The van der Waals surface area contributed by atoms with Crippen LogP contribution in [0.3, 0.4) is 0 Å². The fourth-order valence-corrected chi connectivity index (χ4v) is 5.50. The Kier molecular flexibility index (Phi) is 12.3. The summed E-state index contributed by atoms with van der Waals surface area (Å²) in [5, 5.41) is 8.12. The normalized spacial score (nSPS) is 11.6. The van der Waals surface area contributed by atoms with E-state index in [-0.39, 0.29) is 11.6 Å². The van der Waals surface area contributed by atoms with Gasteiger partial charge in [-0.2, -0.15) is 0 Å². The highest BCUT2D eigenvalue weighted by Crippen LogP contribution is 2.31. The highest BCUT2D eigenvalue weighted by atomic mass is 32.2. The molecule has 0 aliphatic carbocycles. The van der Waals surface area contributed by atoms with Crippen molar-refractivity contribution in [2.75, 3.05) is 39.1 Å². The van der Waals surface area contributed by atoms with Crippen molar-refractivity contribution < 1.29 is 33.3 Å². The number of nitrogens with one attached hydrogen (secondary N) is 3. The molecule has 0 saturated heterocycles. The molecule has 0 bridgehead atoms. The van der Waals surface area contributed by atoms with E-state index in [1.54, 1.807) is 99.1 Å². The summed E-state index contributed by atoms with van der Waals surface area (Å²) < 4.78 is 21.5. The summed E-state index contributed by atoms with van der Waals surface area (Å²) in [6, 6.07) is 26.1. The molecular weight excluding hydrogens is 618 g/mol. The van der Waals surface area contributed by atoms with Gasteiger partial charge in [-0.25, -0.2) is 0 Å². The maximum absolute atomic E-state index is 13.7. The van der Waals surface area contributed by atoms with Gasteiger partial charge in [0.2, 0.25) is 5.91 Å². The summed E-state index contributed by atoms with van der Waals surface area (Å²) in [6.07, 6.45) is 2.08. The minimum absolute atomic E-state index is 0.0111. The standard InChI is InChI=1S/C36H37N3O7S/c1-6-33(36(42)38-26-19-28(44-3)22-29(20-26)45-4)47-30-14-10-13-25(21-30)37-35(41)31(39-34(40)23-11-8-7-9-12-23)18-24-17-27(43-2)15-16-32(24)46-5/h7-22,33H,6H2,1-5H3,(H,37,41)(H,38,42)(H,39,40)/b31-18+. The van der Waals surface area contributed by atoms with Gasteiger partial charge in [-0.05, 0) is 61.0 Å². The molecule has 4 aromatic carbocycles. The number of carbonyl (C=O) groups excluding carboxylic acids is 3. The van der Waals surface area contributed by atoms with Gasteiger partial charge in [0.05, 0.1) is 33.7 Å². The first-order valence-electron chi connectivity index (χ1n) is 14.7. The summed E-state index contributed by atoms with van der Waals surface area (Å²) in [5.41, 5.74) is 1.93. The molecule has 0 saturated carbocycles. The number of ether oxygens (including phenoxy) is 4. The lowest BCUT2D eigenvalue weighted by Gasteiger charge is -2.17. The highest BCUT2D eigenvalue weighted by Gasteiger charge is 2.20. The Balaban J connectivity index is 1.55. The molecule has 1 atom stereocenters. The number of anilines is 2. The number of hydrogen-bond donors (Lipinski definition) is 3. The van der Waals surface area contributed by atoms with Crippen LogP contribution in [0.2, 0.25) is 0 Å². The molecule has 47 heavy (non-hydrogen) atoms. The van der Waals surface area contributed by atoms with E-state index in [1.165, 1.54) is 32.1 Å². The Hall–Kier alpha value is -5.42. The van der Waals surface area contributed by atoms with Gasteiger partial charge < -0.3 is 34.9 Å². The fraction of sp³-hybridized carbons (Fsp3) is 0.194. The second kappa shape index (κ2) is 16.8. The van der Waals surface area contributed by atoms with Crippen LogP contribution in [0.4, 0.5) is 11.4 Å². The third-order valence-corrected chi connectivity index (χ3v) is 8.28. The van der Waals surface area contributed by atoms with Crippen molar-refractivity contribution in [3.05, 3.63) is 108 Å². The maximum atomic E-state index is 13.7. The van der Waals surface area contributed by atoms with Crippen LogP contribution in [-0.4, -0.2) is 51.4 Å². The van der Waals surface area contributed by atoms with E-state index >= 15 is 0 Å². The minimum Gasteiger partial charge on any atom is -0.497 e. The number of carbonyl (C=O) groups is 3. The van der Waals surface area contributed by atoms with Gasteiger partial charge in [0.25, 0.3) is 11.8 Å². The topological polar surface area (TPSA) is 124 Å². The molecule has 0 spiro atoms. The van der Waals surface area contributed by atoms with Gasteiger partial charge in [-0.3, -0.25) is 14.4 Å². The van der Waals surface area contributed by atoms with Crippen LogP contribution in [0.15, 0.2) is 102 Å². The lowest BCUT2D eigenvalue weighted by atomic mass is 10.1. The Morgan fingerprint density at radius 1 is 0.723 bits per heavy atom. The van der Waals surface area contributed by atoms with Gasteiger partial charge in [0.15, 0.2) is 0 Å². The minimum atomic E-state index is -0.557. The van der Waals surface area contributed by atoms with Crippen molar-refractivity contribution in [1.82, 2.24) is 5.32 Å². The lowest BCUT2D eigenvalue weighted by molar-refractivity contribution is -0.116. The second-order valence-corrected chi connectivity index (χ2v) is 11.3. The van der Waals surface area contributed by atoms with E-state index in [2.05, 4.69) is 16.0 Å². The molecule has 3 amide bonds. The summed E-state index contributed by atoms with van der Waals surface area (Å²) in [7, 11) is 6.14. The molecule has 3 N–H and O–H groups in total. The van der Waals surface area contributed by atoms with Crippen LogP contribution < -0.4 is 34.9 Å². The Morgan fingerprint density at radius 3 is 2.06 bits per heavy atom. The van der Waals surface area contributed by atoms with Crippen LogP contribution in [0.25, 0.3) is 6.08 Å². The van der Waals surface area contributed by atoms with Gasteiger partial charge >= 0.3 is 0 Å². The van der Waals surface area contributed by atoms with E-state index in [0.717, 1.165) is 4.90 Å². The number of benzene rings is 4. The summed E-state index contributed by atoms with van der Waals surface area (Å²) in [4.78, 5) is 40.8. The average molecular weight is 656 g/mol. The first kappa shape index (κ1) is 34.5. The van der Waals surface area contributed by atoms with Gasteiger partial charge in [-0.15, -0.1) is 11.8 Å². The number of thioether (sulfide) groups is 1. The van der Waals surface area contributed by atoms with Crippen LogP contribution in [-0.2, 0) is 9.59 Å². The molecule has 4 rings (SSSR count). The highest BCUT2D eigenvalue weighted by molar-refractivity contribution is 8.00. The molecule has 0 aliphatic heterocycles. The molecule has 0 radical (unpaired) electrons. The molecule has 10 nitrogen and oxygen atoms in total. The number of amides is 3. The summed E-state index contributed by atoms with van der Waals surface area (Å²) in [5.74, 6) is 0.949. The van der Waals surface area contributed by atoms with E-state index in [1.807, 2.05) is 13.0 Å². The second-order valence-electron chi connectivity index (χ2n) is 10.1. The molecule has 4 aromatic rings. The summed E-state index contributed by atoms with van der Waals surface area (Å²) in [6.45, 7) is 1.92. The van der Waals surface area contributed by atoms with Gasteiger partial charge in [0.1, 0.15) is 28.7 Å².